The van der Waals surface area contributed by atoms with Gasteiger partial charge in [-0.3, -0.25) is 9.20 Å². The van der Waals surface area contributed by atoms with Crippen LogP contribution >= 0.6 is 11.8 Å². The predicted molar refractivity (Wildman–Crippen MR) is 110 cm³/mol. The van der Waals surface area contributed by atoms with E-state index in [-0.39, 0.29) is 5.91 Å². The lowest BCUT2D eigenvalue weighted by atomic mass is 9.95. The van der Waals surface area contributed by atoms with E-state index in [1.165, 1.54) is 53.1 Å². The Morgan fingerprint density at radius 2 is 1.89 bits per heavy atom. The van der Waals surface area contributed by atoms with Crippen molar-refractivity contribution in [1.29, 1.82) is 0 Å². The van der Waals surface area contributed by atoms with Gasteiger partial charge in [-0.1, -0.05) is 42.7 Å². The number of rotatable bonds is 4. The molecule has 0 aliphatic heterocycles. The number of amides is 1. The van der Waals surface area contributed by atoms with Crippen LogP contribution in [-0.4, -0.2) is 32.3 Å². The molecule has 142 valence electrons. The summed E-state index contributed by atoms with van der Waals surface area (Å²) < 4.78 is 2.09. The maximum atomic E-state index is 12.4. The summed E-state index contributed by atoms with van der Waals surface area (Å²) in [4.78, 5) is 12.4. The average Bonchev–Trinajstić information content (AvgIpc) is 3.03. The average molecular weight is 383 g/mol. The molecule has 1 amide bonds. The van der Waals surface area contributed by atoms with Crippen LogP contribution < -0.4 is 5.32 Å². The zero-order valence-electron chi connectivity index (χ0n) is 16.2. The third kappa shape index (κ3) is 3.68. The zero-order chi connectivity index (χ0) is 19.0. The van der Waals surface area contributed by atoms with Gasteiger partial charge in [0.1, 0.15) is 0 Å². The van der Waals surface area contributed by atoms with Gasteiger partial charge in [-0.25, -0.2) is 0 Å². The van der Waals surface area contributed by atoms with Crippen molar-refractivity contribution in [3.8, 4) is 0 Å². The first kappa shape index (κ1) is 18.3. The van der Waals surface area contributed by atoms with Gasteiger partial charge < -0.3 is 5.32 Å². The maximum absolute atomic E-state index is 12.4. The van der Waals surface area contributed by atoms with Gasteiger partial charge in [-0.2, -0.15) is 0 Å². The van der Waals surface area contributed by atoms with Crippen molar-refractivity contribution in [2.45, 2.75) is 64.1 Å². The minimum absolute atomic E-state index is 0.0904. The summed E-state index contributed by atoms with van der Waals surface area (Å²) in [5.74, 6) is 0.463. The van der Waals surface area contributed by atoms with Gasteiger partial charge in [0.15, 0.2) is 10.8 Å². The van der Waals surface area contributed by atoms with Gasteiger partial charge in [-0.15, -0.1) is 10.2 Å². The topological polar surface area (TPSA) is 59.3 Å². The number of thioether (sulfide) groups is 1. The SMILES string of the molecule is Cc1cc(C)c2c(c1)c(C)cc1nnc(SCC(=O)NC3CCCCC3)n12. The lowest BCUT2D eigenvalue weighted by Gasteiger charge is -2.22. The number of hydrogen-bond acceptors (Lipinski definition) is 4. The number of aryl methyl sites for hydroxylation is 3. The summed E-state index contributed by atoms with van der Waals surface area (Å²) >= 11 is 1.46. The van der Waals surface area contributed by atoms with Crippen molar-refractivity contribution in [2.24, 2.45) is 0 Å². The number of carbonyl (C=O) groups excluding carboxylic acids is 1. The van der Waals surface area contributed by atoms with E-state index in [4.69, 9.17) is 0 Å². The normalized spacial score (nSPS) is 15.5. The van der Waals surface area contributed by atoms with Crippen molar-refractivity contribution in [1.82, 2.24) is 19.9 Å². The van der Waals surface area contributed by atoms with E-state index in [1.807, 2.05) is 0 Å². The van der Waals surface area contributed by atoms with Gasteiger partial charge in [0.05, 0.1) is 11.3 Å². The fourth-order valence-electron chi connectivity index (χ4n) is 4.15. The summed E-state index contributed by atoms with van der Waals surface area (Å²) in [5.41, 5.74) is 5.62. The number of nitrogens with one attached hydrogen (secondary N) is 1. The number of fused-ring (bicyclic) bond motifs is 3. The molecular formula is C21H26N4OS. The van der Waals surface area contributed by atoms with Crippen LogP contribution in [0.15, 0.2) is 23.4 Å². The molecule has 27 heavy (non-hydrogen) atoms. The third-order valence-electron chi connectivity index (χ3n) is 5.40. The molecular weight excluding hydrogens is 356 g/mol. The molecule has 0 atom stereocenters. The van der Waals surface area contributed by atoms with Crippen LogP contribution in [0.5, 0.6) is 0 Å². The van der Waals surface area contributed by atoms with Gasteiger partial charge >= 0.3 is 0 Å². The standard InChI is InChI=1S/C21H26N4OS/c1-13-9-15(3)20-17(10-13)14(2)11-18-23-24-21(25(18)20)27-12-19(26)22-16-7-5-4-6-8-16/h9-11,16H,4-8,12H2,1-3H3,(H,22,26). The minimum Gasteiger partial charge on any atom is -0.353 e. The first-order chi connectivity index (χ1) is 13.0. The Morgan fingerprint density at radius 1 is 1.11 bits per heavy atom. The van der Waals surface area contributed by atoms with Crippen molar-refractivity contribution in [2.75, 3.05) is 5.75 Å². The molecule has 1 aliphatic rings. The molecule has 1 fully saturated rings. The zero-order valence-corrected chi connectivity index (χ0v) is 17.0. The quantitative estimate of drug-likeness (QED) is 0.682. The Hall–Kier alpha value is -2.08. The fourth-order valence-corrected chi connectivity index (χ4v) is 4.91. The van der Waals surface area contributed by atoms with E-state index in [9.17, 15) is 4.79 Å². The molecule has 0 spiro atoms. The van der Waals surface area contributed by atoms with Crippen molar-refractivity contribution in [3.63, 3.8) is 0 Å². The van der Waals surface area contributed by atoms with Crippen molar-refractivity contribution >= 4 is 34.2 Å². The monoisotopic (exact) mass is 382 g/mol. The summed E-state index contributed by atoms with van der Waals surface area (Å²) in [6, 6.07) is 6.81. The summed E-state index contributed by atoms with van der Waals surface area (Å²) in [6.45, 7) is 6.35. The smallest absolute Gasteiger partial charge is 0.230 e. The van der Waals surface area contributed by atoms with Gasteiger partial charge in [-0.05, 0) is 56.9 Å². The van der Waals surface area contributed by atoms with Crippen LogP contribution in [0.25, 0.3) is 16.6 Å². The van der Waals surface area contributed by atoms with E-state index in [0.29, 0.717) is 11.8 Å². The molecule has 6 heteroatoms. The molecule has 2 heterocycles. The molecule has 1 aromatic carbocycles. The fraction of sp³-hybridized carbons (Fsp3) is 0.476. The van der Waals surface area contributed by atoms with Crippen LogP contribution in [-0.2, 0) is 4.79 Å². The Labute approximate surface area is 163 Å². The van der Waals surface area contributed by atoms with E-state index < -0.39 is 0 Å². The highest BCUT2D eigenvalue weighted by Gasteiger charge is 2.18. The largest absolute Gasteiger partial charge is 0.353 e. The van der Waals surface area contributed by atoms with Gasteiger partial charge in [0.25, 0.3) is 0 Å². The Kier molecular flexibility index (Phi) is 5.08. The highest BCUT2D eigenvalue weighted by molar-refractivity contribution is 7.99. The van der Waals surface area contributed by atoms with E-state index in [2.05, 4.69) is 58.9 Å². The molecule has 2 aromatic heterocycles. The molecule has 0 unspecified atom stereocenters. The highest BCUT2D eigenvalue weighted by Crippen LogP contribution is 2.29. The number of nitrogens with zero attached hydrogens (tertiary/aromatic N) is 3. The molecule has 0 bridgehead atoms. The highest BCUT2D eigenvalue weighted by atomic mass is 32.2. The molecule has 1 saturated carbocycles. The van der Waals surface area contributed by atoms with Crippen LogP contribution in [0.4, 0.5) is 0 Å². The van der Waals surface area contributed by atoms with Gasteiger partial charge in [0.2, 0.25) is 5.91 Å². The third-order valence-corrected chi connectivity index (χ3v) is 6.33. The van der Waals surface area contributed by atoms with E-state index in [1.54, 1.807) is 0 Å². The molecule has 0 saturated heterocycles. The van der Waals surface area contributed by atoms with Crippen LogP contribution in [0, 0.1) is 20.8 Å². The van der Waals surface area contributed by atoms with Crippen LogP contribution in [0.2, 0.25) is 0 Å². The molecule has 4 rings (SSSR count). The summed E-state index contributed by atoms with van der Waals surface area (Å²) in [7, 11) is 0. The van der Waals surface area contributed by atoms with E-state index >= 15 is 0 Å². The van der Waals surface area contributed by atoms with Crippen LogP contribution in [0.1, 0.15) is 48.8 Å². The van der Waals surface area contributed by atoms with E-state index in [0.717, 1.165) is 29.2 Å². The number of benzene rings is 1. The maximum Gasteiger partial charge on any atom is 0.230 e. The summed E-state index contributed by atoms with van der Waals surface area (Å²) in [5, 5.41) is 13.9. The second-order valence-corrected chi connectivity index (χ2v) is 8.62. The number of aromatic nitrogens is 3. The Bertz CT molecular complexity index is 1000. The summed E-state index contributed by atoms with van der Waals surface area (Å²) in [6.07, 6.45) is 5.94. The first-order valence-corrected chi connectivity index (χ1v) is 10.7. The predicted octanol–water partition coefficient (Wildman–Crippen LogP) is 4.35. The minimum atomic E-state index is 0.0904. The van der Waals surface area contributed by atoms with Crippen LogP contribution in [0.3, 0.4) is 0 Å². The molecule has 1 aliphatic carbocycles. The molecule has 5 nitrogen and oxygen atoms in total. The van der Waals surface area contributed by atoms with Gasteiger partial charge in [0, 0.05) is 11.4 Å². The Morgan fingerprint density at radius 3 is 2.67 bits per heavy atom. The van der Waals surface area contributed by atoms with Crippen molar-refractivity contribution in [3.05, 3.63) is 34.9 Å². The first-order valence-electron chi connectivity index (χ1n) is 9.71. The lowest BCUT2D eigenvalue weighted by molar-refractivity contribution is -0.119. The molecule has 3 aromatic rings. The Balaban J connectivity index is 1.61. The number of hydrogen-bond donors (Lipinski definition) is 1. The lowest BCUT2D eigenvalue weighted by Crippen LogP contribution is -2.37. The second-order valence-electron chi connectivity index (χ2n) is 7.67. The second kappa shape index (κ2) is 7.50. The molecule has 0 radical (unpaired) electrons. The molecule has 1 N–H and O–H groups in total. The number of pyridine rings is 1. The number of carbonyl (C=O) groups is 1. The van der Waals surface area contributed by atoms with Crippen molar-refractivity contribution < 1.29 is 4.79 Å².